The lowest BCUT2D eigenvalue weighted by Gasteiger charge is -2.12. The summed E-state index contributed by atoms with van der Waals surface area (Å²) >= 11 is 1.71. The van der Waals surface area contributed by atoms with Crippen LogP contribution in [0.3, 0.4) is 0 Å². The van der Waals surface area contributed by atoms with E-state index in [1.54, 1.807) is 11.8 Å². The van der Waals surface area contributed by atoms with Crippen molar-refractivity contribution in [2.24, 2.45) is 5.73 Å². The minimum Gasteiger partial charge on any atom is -0.323 e. The van der Waals surface area contributed by atoms with Crippen molar-refractivity contribution in [3.05, 3.63) is 35.4 Å². The van der Waals surface area contributed by atoms with Crippen molar-refractivity contribution in [3.63, 3.8) is 0 Å². The molecule has 0 aromatic heterocycles. The fourth-order valence-electron chi connectivity index (χ4n) is 1.35. The molecule has 0 amide bonds. The highest BCUT2D eigenvalue weighted by atomic mass is 32.2. The minimum absolute atomic E-state index is 0.359. The van der Waals surface area contributed by atoms with E-state index < -0.39 is 11.6 Å². The van der Waals surface area contributed by atoms with Gasteiger partial charge in [0.2, 0.25) is 0 Å². The summed E-state index contributed by atoms with van der Waals surface area (Å²) in [6, 6.07) is 3.19. The van der Waals surface area contributed by atoms with Crippen LogP contribution in [0.25, 0.3) is 0 Å². The maximum atomic E-state index is 13.3. The summed E-state index contributed by atoms with van der Waals surface area (Å²) in [5, 5.41) is 0. The van der Waals surface area contributed by atoms with E-state index in [0.29, 0.717) is 11.3 Å². The standard InChI is InChI=1S/C12H17F2NS/c1-2-3-6-16-8-12(15)10-5-4-9(13)7-11(10)14/h4-5,7,12H,2-3,6,8,15H2,1H3. The molecule has 0 bridgehead atoms. The topological polar surface area (TPSA) is 26.0 Å². The Bertz CT molecular complexity index is 331. The van der Waals surface area contributed by atoms with Crippen molar-refractivity contribution in [2.45, 2.75) is 25.8 Å². The summed E-state index contributed by atoms with van der Waals surface area (Å²) in [5.41, 5.74) is 6.24. The van der Waals surface area contributed by atoms with Crippen LogP contribution in [0.4, 0.5) is 8.78 Å². The first kappa shape index (κ1) is 13.5. The molecule has 0 radical (unpaired) electrons. The summed E-state index contributed by atoms with van der Waals surface area (Å²) in [5.74, 6) is 0.589. The molecule has 16 heavy (non-hydrogen) atoms. The first-order valence-electron chi connectivity index (χ1n) is 5.43. The van der Waals surface area contributed by atoms with Gasteiger partial charge in [-0.3, -0.25) is 0 Å². The van der Waals surface area contributed by atoms with Gasteiger partial charge in [-0.2, -0.15) is 11.8 Å². The van der Waals surface area contributed by atoms with Gasteiger partial charge < -0.3 is 5.73 Å². The molecule has 0 aliphatic heterocycles. The van der Waals surface area contributed by atoms with Crippen molar-refractivity contribution >= 4 is 11.8 Å². The normalized spacial score (nSPS) is 12.8. The Morgan fingerprint density at radius 2 is 2.12 bits per heavy atom. The number of benzene rings is 1. The third-order valence-electron chi connectivity index (χ3n) is 2.30. The predicted octanol–water partition coefficient (Wildman–Crippen LogP) is 3.50. The number of hydrogen-bond donors (Lipinski definition) is 1. The molecule has 0 spiro atoms. The average Bonchev–Trinajstić information content (AvgIpc) is 2.24. The van der Waals surface area contributed by atoms with Crippen LogP contribution in [0.1, 0.15) is 31.4 Å². The number of hydrogen-bond acceptors (Lipinski definition) is 2. The molecule has 4 heteroatoms. The van der Waals surface area contributed by atoms with Gasteiger partial charge in [-0.15, -0.1) is 0 Å². The number of rotatable bonds is 6. The third kappa shape index (κ3) is 4.10. The quantitative estimate of drug-likeness (QED) is 0.776. The smallest absolute Gasteiger partial charge is 0.130 e. The zero-order chi connectivity index (χ0) is 12.0. The van der Waals surface area contributed by atoms with Gasteiger partial charge in [0.05, 0.1) is 0 Å². The van der Waals surface area contributed by atoms with Crippen LogP contribution < -0.4 is 5.73 Å². The third-order valence-corrected chi connectivity index (χ3v) is 3.47. The van der Waals surface area contributed by atoms with E-state index in [2.05, 4.69) is 6.92 Å². The molecule has 1 nitrogen and oxygen atoms in total. The highest BCUT2D eigenvalue weighted by Crippen LogP contribution is 2.20. The SMILES string of the molecule is CCCCSCC(N)c1ccc(F)cc1F. The van der Waals surface area contributed by atoms with E-state index in [-0.39, 0.29) is 6.04 Å². The predicted molar refractivity (Wildman–Crippen MR) is 65.5 cm³/mol. The zero-order valence-electron chi connectivity index (χ0n) is 9.38. The number of thioether (sulfide) groups is 1. The van der Waals surface area contributed by atoms with Gasteiger partial charge in [-0.1, -0.05) is 19.4 Å². The first-order valence-corrected chi connectivity index (χ1v) is 6.59. The molecule has 1 aromatic carbocycles. The highest BCUT2D eigenvalue weighted by Gasteiger charge is 2.11. The summed E-state index contributed by atoms with van der Waals surface area (Å²) in [4.78, 5) is 0. The molecule has 1 rings (SSSR count). The second kappa shape index (κ2) is 6.86. The van der Waals surface area contributed by atoms with Crippen molar-refractivity contribution in [3.8, 4) is 0 Å². The van der Waals surface area contributed by atoms with Gasteiger partial charge in [0.1, 0.15) is 11.6 Å². The van der Waals surface area contributed by atoms with Crippen LogP contribution in [0.2, 0.25) is 0 Å². The molecule has 1 aromatic rings. The highest BCUT2D eigenvalue weighted by molar-refractivity contribution is 7.99. The number of halogens is 2. The molecule has 0 saturated heterocycles. The number of nitrogens with two attached hydrogens (primary N) is 1. The largest absolute Gasteiger partial charge is 0.323 e. The molecular weight excluding hydrogens is 228 g/mol. The summed E-state index contributed by atoms with van der Waals surface area (Å²) < 4.78 is 26.0. The maximum absolute atomic E-state index is 13.3. The second-order valence-corrected chi connectivity index (χ2v) is 4.85. The van der Waals surface area contributed by atoms with E-state index >= 15 is 0 Å². The minimum atomic E-state index is -0.563. The van der Waals surface area contributed by atoms with E-state index in [0.717, 1.165) is 24.7 Å². The zero-order valence-corrected chi connectivity index (χ0v) is 10.2. The Morgan fingerprint density at radius 3 is 2.75 bits per heavy atom. The van der Waals surface area contributed by atoms with Crippen LogP contribution in [0.15, 0.2) is 18.2 Å². The second-order valence-electron chi connectivity index (χ2n) is 3.70. The van der Waals surface area contributed by atoms with Crippen molar-refractivity contribution in [1.82, 2.24) is 0 Å². The van der Waals surface area contributed by atoms with Gasteiger partial charge in [-0.05, 0) is 18.2 Å². The van der Waals surface area contributed by atoms with E-state index in [4.69, 9.17) is 5.73 Å². The summed E-state index contributed by atoms with van der Waals surface area (Å²) in [6.07, 6.45) is 2.29. The maximum Gasteiger partial charge on any atom is 0.130 e. The van der Waals surface area contributed by atoms with Crippen LogP contribution in [0.5, 0.6) is 0 Å². The van der Waals surface area contributed by atoms with E-state index in [1.807, 2.05) is 0 Å². The van der Waals surface area contributed by atoms with E-state index in [9.17, 15) is 8.78 Å². The Kier molecular flexibility index (Phi) is 5.77. The molecular formula is C12H17F2NS. The van der Waals surface area contributed by atoms with Gasteiger partial charge in [0, 0.05) is 23.4 Å². The van der Waals surface area contributed by atoms with E-state index in [1.165, 1.54) is 12.1 Å². The Hall–Kier alpha value is -0.610. The molecule has 0 saturated carbocycles. The molecule has 0 aliphatic rings. The lowest BCUT2D eigenvalue weighted by atomic mass is 10.1. The van der Waals surface area contributed by atoms with Gasteiger partial charge in [0.25, 0.3) is 0 Å². The molecule has 0 aliphatic carbocycles. The van der Waals surface area contributed by atoms with Crippen LogP contribution in [-0.4, -0.2) is 11.5 Å². The number of unbranched alkanes of at least 4 members (excludes halogenated alkanes) is 1. The van der Waals surface area contributed by atoms with Gasteiger partial charge >= 0.3 is 0 Å². The lowest BCUT2D eigenvalue weighted by molar-refractivity contribution is 0.563. The van der Waals surface area contributed by atoms with Gasteiger partial charge in [-0.25, -0.2) is 8.78 Å². The van der Waals surface area contributed by atoms with Crippen molar-refractivity contribution < 1.29 is 8.78 Å². The average molecular weight is 245 g/mol. The Balaban J connectivity index is 2.49. The monoisotopic (exact) mass is 245 g/mol. The molecule has 0 fully saturated rings. The fraction of sp³-hybridized carbons (Fsp3) is 0.500. The molecule has 1 unspecified atom stereocenters. The Labute approximate surface area is 99.4 Å². The Morgan fingerprint density at radius 1 is 1.38 bits per heavy atom. The molecule has 1 atom stereocenters. The summed E-state index contributed by atoms with van der Waals surface area (Å²) in [7, 11) is 0. The van der Waals surface area contributed by atoms with Crippen molar-refractivity contribution in [1.29, 1.82) is 0 Å². The molecule has 90 valence electrons. The lowest BCUT2D eigenvalue weighted by Crippen LogP contribution is -2.15. The fourth-order valence-corrected chi connectivity index (χ4v) is 2.44. The van der Waals surface area contributed by atoms with Crippen LogP contribution in [-0.2, 0) is 0 Å². The van der Waals surface area contributed by atoms with Crippen LogP contribution in [0, 0.1) is 11.6 Å². The first-order chi connectivity index (χ1) is 7.65. The van der Waals surface area contributed by atoms with Crippen LogP contribution >= 0.6 is 11.8 Å². The summed E-state index contributed by atoms with van der Waals surface area (Å²) in [6.45, 7) is 2.13. The van der Waals surface area contributed by atoms with Gasteiger partial charge in [0.15, 0.2) is 0 Å². The van der Waals surface area contributed by atoms with Crippen molar-refractivity contribution in [2.75, 3.05) is 11.5 Å². The molecule has 0 heterocycles. The molecule has 2 N–H and O–H groups in total.